The molecule has 3 aromatic rings. The largest absolute Gasteiger partial charge is 0.496 e. The lowest BCUT2D eigenvalue weighted by molar-refractivity contribution is -0.142. The van der Waals surface area contributed by atoms with Crippen molar-refractivity contribution in [3.8, 4) is 5.75 Å². The molecule has 0 aromatic heterocycles. The molecule has 1 heterocycles. The van der Waals surface area contributed by atoms with Crippen molar-refractivity contribution in [1.82, 2.24) is 4.90 Å². The van der Waals surface area contributed by atoms with Crippen LogP contribution in [0, 0.1) is 18.8 Å². The summed E-state index contributed by atoms with van der Waals surface area (Å²) >= 11 is 0. The van der Waals surface area contributed by atoms with Crippen LogP contribution in [0.1, 0.15) is 60.7 Å². The molecule has 0 aliphatic carbocycles. The Hall–Kier alpha value is -3.77. The molecule has 41 heavy (non-hydrogen) atoms. The van der Waals surface area contributed by atoms with Crippen molar-refractivity contribution in [2.75, 3.05) is 13.8 Å². The fourth-order valence-corrected chi connectivity index (χ4v) is 5.83. The number of ether oxygens (including phenoxy) is 2. The Bertz CT molecular complexity index is 1370. The Morgan fingerprint density at radius 1 is 0.976 bits per heavy atom. The van der Waals surface area contributed by atoms with Crippen molar-refractivity contribution < 1.29 is 23.9 Å². The van der Waals surface area contributed by atoms with E-state index < -0.39 is 17.6 Å². The minimum Gasteiger partial charge on any atom is -0.496 e. The number of carbonyl (C=O) groups is 3. The number of ketones is 2. The third-order valence-corrected chi connectivity index (χ3v) is 8.33. The molecule has 1 aliphatic heterocycles. The maximum Gasteiger partial charge on any atom is 0.228 e. The van der Waals surface area contributed by atoms with Crippen LogP contribution in [0.5, 0.6) is 5.75 Å². The number of rotatable bonds is 12. The van der Waals surface area contributed by atoms with Crippen molar-refractivity contribution in [2.45, 2.75) is 65.0 Å². The van der Waals surface area contributed by atoms with Gasteiger partial charge in [-0.15, -0.1) is 0 Å². The lowest BCUT2D eigenvalue weighted by Gasteiger charge is -2.32. The normalized spacial score (nSPS) is 17.6. The topological polar surface area (TPSA) is 72.9 Å². The zero-order chi connectivity index (χ0) is 29.6. The number of carbonyl (C=O) groups excluding carboxylic acids is 3. The van der Waals surface area contributed by atoms with Crippen molar-refractivity contribution >= 4 is 17.5 Å². The molecule has 0 spiro atoms. The zero-order valence-corrected chi connectivity index (χ0v) is 24.8. The number of hydrogen-bond acceptors (Lipinski definition) is 5. The first kappa shape index (κ1) is 30.2. The van der Waals surface area contributed by atoms with Crippen LogP contribution in [0.25, 0.3) is 0 Å². The smallest absolute Gasteiger partial charge is 0.228 e. The number of nitrogens with zero attached hydrogens (tertiary/aromatic N) is 1. The minimum atomic E-state index is -0.805. The van der Waals surface area contributed by atoms with E-state index in [1.807, 2.05) is 94.4 Å². The highest BCUT2D eigenvalue weighted by Crippen LogP contribution is 2.34. The highest BCUT2D eigenvalue weighted by Gasteiger charge is 2.49. The molecule has 0 radical (unpaired) electrons. The van der Waals surface area contributed by atoms with Gasteiger partial charge in [0.25, 0.3) is 0 Å². The Balaban J connectivity index is 1.56. The van der Waals surface area contributed by atoms with Gasteiger partial charge < -0.3 is 14.4 Å². The molecule has 4 rings (SSSR count). The van der Waals surface area contributed by atoms with Crippen molar-refractivity contribution in [2.24, 2.45) is 11.8 Å². The van der Waals surface area contributed by atoms with Gasteiger partial charge in [0.15, 0.2) is 11.6 Å². The third kappa shape index (κ3) is 7.12. The number of amides is 1. The molecule has 1 amide bonds. The quantitative estimate of drug-likeness (QED) is 0.248. The number of Topliss-reactive ketones (excluding diaryl/α,β-unsaturated/α-hetero) is 2. The van der Waals surface area contributed by atoms with E-state index in [2.05, 4.69) is 0 Å². The summed E-state index contributed by atoms with van der Waals surface area (Å²) in [5.74, 6) is -0.540. The Morgan fingerprint density at radius 2 is 1.63 bits per heavy atom. The molecule has 0 bridgehead atoms. The van der Waals surface area contributed by atoms with Crippen LogP contribution in [0.4, 0.5) is 0 Å². The van der Waals surface area contributed by atoms with Crippen LogP contribution in [0.15, 0.2) is 78.9 Å². The Kier molecular flexibility index (Phi) is 9.77. The van der Waals surface area contributed by atoms with Gasteiger partial charge in [-0.05, 0) is 68.4 Å². The van der Waals surface area contributed by atoms with Crippen molar-refractivity contribution in [3.05, 3.63) is 101 Å². The average Bonchev–Trinajstić information content (AvgIpc) is 3.30. The summed E-state index contributed by atoms with van der Waals surface area (Å²) in [6, 6.07) is 24.4. The molecule has 1 fully saturated rings. The monoisotopic (exact) mass is 555 g/mol. The molecule has 6 heteroatoms. The Labute approximate surface area is 243 Å². The van der Waals surface area contributed by atoms with Crippen LogP contribution in [-0.2, 0) is 27.2 Å². The number of para-hydroxylation sites is 1. The standard InChI is InChI=1S/C35H41NO5/c1-24-13-9-10-16-27(24)19-20-30(37)33-35(3,4)41-23-36(33)34(39)25(2)28(21-26-14-7-6-8-15-26)22-31(38)29-17-11-12-18-32(29)40-5/h6-18,25,28,33H,19-23H2,1-5H3. The van der Waals surface area contributed by atoms with Gasteiger partial charge in [-0.3, -0.25) is 14.4 Å². The second-order valence-electron chi connectivity index (χ2n) is 11.5. The van der Waals surface area contributed by atoms with E-state index in [4.69, 9.17) is 9.47 Å². The molecular weight excluding hydrogens is 514 g/mol. The number of aryl methyl sites for hydroxylation is 2. The predicted octanol–water partition coefficient (Wildman–Crippen LogP) is 6.24. The first-order valence-electron chi connectivity index (χ1n) is 14.3. The van der Waals surface area contributed by atoms with Crippen LogP contribution >= 0.6 is 0 Å². The van der Waals surface area contributed by atoms with E-state index in [0.717, 1.165) is 16.7 Å². The molecule has 216 valence electrons. The van der Waals surface area contributed by atoms with Crippen LogP contribution < -0.4 is 4.74 Å². The third-order valence-electron chi connectivity index (χ3n) is 8.33. The molecule has 3 atom stereocenters. The summed E-state index contributed by atoms with van der Waals surface area (Å²) in [6.45, 7) is 7.70. The Morgan fingerprint density at radius 3 is 2.34 bits per heavy atom. The number of benzene rings is 3. The lowest BCUT2D eigenvalue weighted by Crippen LogP contribution is -2.51. The molecule has 1 aliphatic rings. The molecule has 3 unspecified atom stereocenters. The van der Waals surface area contributed by atoms with Crippen LogP contribution in [-0.4, -0.2) is 47.9 Å². The second-order valence-corrected chi connectivity index (χ2v) is 11.5. The van der Waals surface area contributed by atoms with E-state index in [1.165, 1.54) is 0 Å². The summed E-state index contributed by atoms with van der Waals surface area (Å²) in [5, 5.41) is 0. The fraction of sp³-hybridized carbons (Fsp3) is 0.400. The highest BCUT2D eigenvalue weighted by atomic mass is 16.5. The van der Waals surface area contributed by atoms with Gasteiger partial charge in [0.1, 0.15) is 18.5 Å². The molecule has 0 saturated carbocycles. The second kappa shape index (κ2) is 13.3. The summed E-state index contributed by atoms with van der Waals surface area (Å²) < 4.78 is 11.4. The van der Waals surface area contributed by atoms with Crippen LogP contribution in [0.3, 0.4) is 0 Å². The zero-order valence-electron chi connectivity index (χ0n) is 24.8. The summed E-state index contributed by atoms with van der Waals surface area (Å²) in [7, 11) is 1.55. The van der Waals surface area contributed by atoms with Gasteiger partial charge in [0, 0.05) is 18.8 Å². The van der Waals surface area contributed by atoms with E-state index >= 15 is 0 Å². The van der Waals surface area contributed by atoms with Gasteiger partial charge in [-0.25, -0.2) is 0 Å². The number of hydrogen-bond donors (Lipinski definition) is 0. The van der Waals surface area contributed by atoms with Gasteiger partial charge >= 0.3 is 0 Å². The molecule has 1 saturated heterocycles. The molecule has 0 N–H and O–H groups in total. The summed E-state index contributed by atoms with van der Waals surface area (Å²) in [5.41, 5.74) is 3.02. The van der Waals surface area contributed by atoms with E-state index in [-0.39, 0.29) is 36.5 Å². The summed E-state index contributed by atoms with van der Waals surface area (Å²) in [6.07, 6.45) is 1.66. The van der Waals surface area contributed by atoms with Crippen LogP contribution in [0.2, 0.25) is 0 Å². The highest BCUT2D eigenvalue weighted by molar-refractivity contribution is 5.99. The van der Waals surface area contributed by atoms with E-state index in [0.29, 0.717) is 30.6 Å². The van der Waals surface area contributed by atoms with Gasteiger partial charge in [0.2, 0.25) is 5.91 Å². The fourth-order valence-electron chi connectivity index (χ4n) is 5.83. The minimum absolute atomic E-state index is 0.0130. The van der Waals surface area contributed by atoms with E-state index in [1.54, 1.807) is 24.1 Å². The molecular formula is C35H41NO5. The molecule has 3 aromatic carbocycles. The maximum absolute atomic E-state index is 14.1. The maximum atomic E-state index is 14.1. The van der Waals surface area contributed by atoms with Crippen molar-refractivity contribution in [1.29, 1.82) is 0 Å². The first-order valence-corrected chi connectivity index (χ1v) is 14.3. The van der Waals surface area contributed by atoms with Crippen molar-refractivity contribution in [3.63, 3.8) is 0 Å². The van der Waals surface area contributed by atoms with Gasteiger partial charge in [-0.1, -0.05) is 73.7 Å². The lowest BCUT2D eigenvalue weighted by atomic mass is 9.81. The first-order chi connectivity index (χ1) is 19.6. The van der Waals surface area contributed by atoms with Gasteiger partial charge in [-0.2, -0.15) is 0 Å². The SMILES string of the molecule is COc1ccccc1C(=O)CC(Cc1ccccc1)C(C)C(=O)N1COC(C)(C)C1C(=O)CCc1ccccc1C. The average molecular weight is 556 g/mol. The summed E-state index contributed by atoms with van der Waals surface area (Å²) in [4.78, 5) is 42.8. The van der Waals surface area contributed by atoms with Gasteiger partial charge in [0.05, 0.1) is 18.3 Å². The number of methoxy groups -OCH3 is 1. The predicted molar refractivity (Wildman–Crippen MR) is 160 cm³/mol. The van der Waals surface area contributed by atoms with E-state index in [9.17, 15) is 14.4 Å². The molecule has 6 nitrogen and oxygen atoms in total.